The van der Waals surface area contributed by atoms with Crippen molar-refractivity contribution in [3.05, 3.63) is 29.8 Å². The summed E-state index contributed by atoms with van der Waals surface area (Å²) in [6.45, 7) is 3.93. The maximum absolute atomic E-state index is 12.3. The van der Waals surface area contributed by atoms with Gasteiger partial charge in [0, 0.05) is 43.1 Å². The lowest BCUT2D eigenvalue weighted by atomic mass is 9.75. The molecule has 2 atom stereocenters. The van der Waals surface area contributed by atoms with Gasteiger partial charge in [0.2, 0.25) is 5.91 Å². The van der Waals surface area contributed by atoms with Crippen LogP contribution in [0.25, 0.3) is 0 Å². The number of methoxy groups -OCH3 is 1. The second-order valence-corrected chi connectivity index (χ2v) is 6.80. The molecule has 24 heavy (non-hydrogen) atoms. The molecule has 2 N–H and O–H groups in total. The highest BCUT2D eigenvalue weighted by Crippen LogP contribution is 2.41. The molecule has 0 spiro atoms. The largest absolute Gasteiger partial charge is 0.496 e. The van der Waals surface area contributed by atoms with Crippen molar-refractivity contribution in [1.82, 2.24) is 10.2 Å². The third-order valence-electron chi connectivity index (χ3n) is 5.30. The number of hydrogen-bond donors (Lipinski definition) is 2. The van der Waals surface area contributed by atoms with Gasteiger partial charge in [0.15, 0.2) is 0 Å². The van der Waals surface area contributed by atoms with E-state index >= 15 is 0 Å². The van der Waals surface area contributed by atoms with Crippen molar-refractivity contribution >= 4 is 5.91 Å². The Kier molecular flexibility index (Phi) is 5.38. The minimum Gasteiger partial charge on any atom is -0.496 e. The van der Waals surface area contributed by atoms with E-state index in [-0.39, 0.29) is 17.9 Å². The number of fused-ring (bicyclic) bond motifs is 1. The summed E-state index contributed by atoms with van der Waals surface area (Å²) in [5, 5.41) is 12.8. The second-order valence-electron chi connectivity index (χ2n) is 6.80. The highest BCUT2D eigenvalue weighted by Gasteiger charge is 2.48. The molecule has 0 aromatic heterocycles. The van der Waals surface area contributed by atoms with E-state index in [0.717, 1.165) is 30.8 Å². The number of rotatable bonds is 6. The van der Waals surface area contributed by atoms with Crippen LogP contribution in [0.3, 0.4) is 0 Å². The molecule has 0 unspecified atom stereocenters. The second kappa shape index (κ2) is 7.51. The van der Waals surface area contributed by atoms with E-state index in [0.29, 0.717) is 32.2 Å². The Hall–Kier alpha value is -1.63. The highest BCUT2D eigenvalue weighted by molar-refractivity contribution is 5.78. The molecule has 1 amide bonds. The van der Waals surface area contributed by atoms with Gasteiger partial charge in [-0.05, 0) is 12.5 Å². The Balaban J connectivity index is 1.52. The molecule has 2 fully saturated rings. The fraction of sp³-hybridized carbons (Fsp3) is 0.611. The molecule has 6 nitrogen and oxygen atoms in total. The van der Waals surface area contributed by atoms with Crippen molar-refractivity contribution in [2.75, 3.05) is 46.6 Å². The first kappa shape index (κ1) is 17.2. The number of benzene rings is 1. The van der Waals surface area contributed by atoms with Gasteiger partial charge >= 0.3 is 0 Å². The Morgan fingerprint density at radius 1 is 1.50 bits per heavy atom. The van der Waals surface area contributed by atoms with Gasteiger partial charge in [0.05, 0.1) is 26.9 Å². The molecule has 2 heterocycles. The van der Waals surface area contributed by atoms with Gasteiger partial charge in [-0.15, -0.1) is 0 Å². The number of para-hydroxylation sites is 1. The van der Waals surface area contributed by atoms with E-state index in [4.69, 9.17) is 9.47 Å². The third kappa shape index (κ3) is 3.55. The molecule has 2 aliphatic heterocycles. The van der Waals surface area contributed by atoms with Gasteiger partial charge in [-0.25, -0.2) is 0 Å². The minimum absolute atomic E-state index is 0.00596. The Labute approximate surface area is 142 Å². The highest BCUT2D eigenvalue weighted by atomic mass is 16.5. The van der Waals surface area contributed by atoms with Crippen LogP contribution in [-0.4, -0.2) is 62.5 Å². The summed E-state index contributed by atoms with van der Waals surface area (Å²) in [5.41, 5.74) is 0.866. The van der Waals surface area contributed by atoms with E-state index in [1.165, 1.54) is 0 Å². The first-order chi connectivity index (χ1) is 11.7. The molecule has 3 rings (SSSR count). The fourth-order valence-electron chi connectivity index (χ4n) is 3.84. The quantitative estimate of drug-likeness (QED) is 0.799. The average Bonchev–Trinajstić information content (AvgIpc) is 2.98. The van der Waals surface area contributed by atoms with Crippen molar-refractivity contribution in [1.29, 1.82) is 0 Å². The summed E-state index contributed by atoms with van der Waals surface area (Å²) in [6, 6.07) is 7.67. The van der Waals surface area contributed by atoms with Gasteiger partial charge in [0.1, 0.15) is 5.75 Å². The molecule has 1 aromatic carbocycles. The van der Waals surface area contributed by atoms with E-state index < -0.39 is 0 Å². The standard InChI is InChI=1S/C18H26N2O4/c1-23-16-5-3-2-4-14(16)8-19-17(22)10-20-9-15-11-24-7-6-18(15,12-20)13-21/h2-5,15,21H,6-13H2,1H3,(H,19,22)/t15-,18-/m1/s1. The molecular formula is C18H26N2O4. The van der Waals surface area contributed by atoms with E-state index in [1.54, 1.807) is 7.11 Å². The Bertz CT molecular complexity index is 580. The zero-order valence-electron chi connectivity index (χ0n) is 14.2. The number of carbonyl (C=O) groups is 1. The summed E-state index contributed by atoms with van der Waals surface area (Å²) in [5.74, 6) is 1.09. The molecule has 2 aliphatic rings. The zero-order chi connectivity index (χ0) is 17.0. The molecule has 0 bridgehead atoms. The van der Waals surface area contributed by atoms with Crippen molar-refractivity contribution in [3.8, 4) is 5.75 Å². The molecule has 1 aromatic rings. The lowest BCUT2D eigenvalue weighted by molar-refractivity contribution is -0.122. The third-order valence-corrected chi connectivity index (χ3v) is 5.30. The molecule has 132 valence electrons. The number of aliphatic hydroxyl groups is 1. The first-order valence-corrected chi connectivity index (χ1v) is 8.46. The zero-order valence-corrected chi connectivity index (χ0v) is 14.2. The topological polar surface area (TPSA) is 71.0 Å². The number of hydrogen-bond acceptors (Lipinski definition) is 5. The number of nitrogens with one attached hydrogen (secondary N) is 1. The summed E-state index contributed by atoms with van der Waals surface area (Å²) >= 11 is 0. The number of aliphatic hydroxyl groups excluding tert-OH is 1. The average molecular weight is 334 g/mol. The Morgan fingerprint density at radius 3 is 3.08 bits per heavy atom. The van der Waals surface area contributed by atoms with Crippen LogP contribution in [0.5, 0.6) is 5.75 Å². The van der Waals surface area contributed by atoms with Crippen LogP contribution >= 0.6 is 0 Å². The molecule has 0 aliphatic carbocycles. The first-order valence-electron chi connectivity index (χ1n) is 8.46. The predicted molar refractivity (Wildman–Crippen MR) is 89.7 cm³/mol. The summed E-state index contributed by atoms with van der Waals surface area (Å²) in [7, 11) is 1.63. The predicted octanol–water partition coefficient (Wildman–Crippen LogP) is 0.642. The van der Waals surface area contributed by atoms with Crippen molar-refractivity contribution in [3.63, 3.8) is 0 Å². The number of ether oxygens (including phenoxy) is 2. The monoisotopic (exact) mass is 334 g/mol. The normalized spacial score (nSPS) is 26.8. The van der Waals surface area contributed by atoms with Gasteiger partial charge in [-0.3, -0.25) is 9.69 Å². The minimum atomic E-state index is -0.0961. The van der Waals surface area contributed by atoms with Crippen molar-refractivity contribution in [2.45, 2.75) is 13.0 Å². The van der Waals surface area contributed by atoms with Crippen LogP contribution in [0.1, 0.15) is 12.0 Å². The maximum atomic E-state index is 12.3. The fourth-order valence-corrected chi connectivity index (χ4v) is 3.84. The maximum Gasteiger partial charge on any atom is 0.234 e. The van der Waals surface area contributed by atoms with Gasteiger partial charge in [-0.1, -0.05) is 18.2 Å². The van der Waals surface area contributed by atoms with Crippen LogP contribution in [0, 0.1) is 11.3 Å². The van der Waals surface area contributed by atoms with Gasteiger partial charge in [0.25, 0.3) is 0 Å². The van der Waals surface area contributed by atoms with Crippen LogP contribution in [0.15, 0.2) is 24.3 Å². The molecular weight excluding hydrogens is 308 g/mol. The number of carbonyl (C=O) groups excluding carboxylic acids is 1. The van der Waals surface area contributed by atoms with Gasteiger partial charge < -0.3 is 19.9 Å². The van der Waals surface area contributed by atoms with Crippen molar-refractivity contribution in [2.24, 2.45) is 11.3 Å². The van der Waals surface area contributed by atoms with E-state index in [9.17, 15) is 9.90 Å². The summed E-state index contributed by atoms with van der Waals surface area (Å²) in [4.78, 5) is 14.4. The smallest absolute Gasteiger partial charge is 0.234 e. The summed E-state index contributed by atoms with van der Waals surface area (Å²) in [6.07, 6.45) is 0.869. The van der Waals surface area contributed by atoms with E-state index in [1.807, 2.05) is 24.3 Å². The lowest BCUT2D eigenvalue weighted by Gasteiger charge is -2.36. The van der Waals surface area contributed by atoms with Crippen LogP contribution in [0.2, 0.25) is 0 Å². The summed E-state index contributed by atoms with van der Waals surface area (Å²) < 4.78 is 10.8. The molecule has 0 saturated carbocycles. The van der Waals surface area contributed by atoms with Crippen LogP contribution in [0.4, 0.5) is 0 Å². The number of amides is 1. The molecule has 6 heteroatoms. The van der Waals surface area contributed by atoms with E-state index in [2.05, 4.69) is 10.2 Å². The molecule has 0 radical (unpaired) electrons. The Morgan fingerprint density at radius 2 is 2.33 bits per heavy atom. The number of nitrogens with zero attached hydrogens (tertiary/aromatic N) is 1. The lowest BCUT2D eigenvalue weighted by Crippen LogP contribution is -2.41. The van der Waals surface area contributed by atoms with Crippen LogP contribution < -0.4 is 10.1 Å². The van der Waals surface area contributed by atoms with Crippen LogP contribution in [-0.2, 0) is 16.1 Å². The number of likely N-dealkylation sites (tertiary alicyclic amines) is 1. The van der Waals surface area contributed by atoms with Gasteiger partial charge in [-0.2, -0.15) is 0 Å². The van der Waals surface area contributed by atoms with Crippen molar-refractivity contribution < 1.29 is 19.4 Å². The molecule has 2 saturated heterocycles. The SMILES string of the molecule is COc1ccccc1CNC(=O)CN1C[C@@H]2COCC[C@]2(CO)C1.